The van der Waals surface area contributed by atoms with E-state index >= 15 is 0 Å². The minimum Gasteiger partial charge on any atom is -0.406 e. The maximum atomic E-state index is 5.69. The molecule has 78 valence electrons. The van der Waals surface area contributed by atoms with Crippen molar-refractivity contribution < 1.29 is 4.43 Å². The lowest BCUT2D eigenvalue weighted by molar-refractivity contribution is 0.313. The molecule has 1 heterocycles. The van der Waals surface area contributed by atoms with Gasteiger partial charge in [-0.25, -0.2) is 0 Å². The molecule has 1 rings (SSSR count). The normalized spacial score (nSPS) is 29.8. The molecule has 13 heavy (non-hydrogen) atoms. The summed E-state index contributed by atoms with van der Waals surface area (Å²) in [6.07, 6.45) is 2.57. The predicted molar refractivity (Wildman–Crippen MR) is 58.2 cm³/mol. The lowest BCUT2D eigenvalue weighted by atomic mass is 10.4. The Labute approximate surface area is 82.7 Å². The molecule has 0 radical (unpaired) electrons. The fourth-order valence-corrected chi connectivity index (χ4v) is 4.87. The Morgan fingerprint density at radius 3 is 2.92 bits per heavy atom. The van der Waals surface area contributed by atoms with E-state index in [2.05, 4.69) is 16.4 Å². The van der Waals surface area contributed by atoms with Crippen molar-refractivity contribution >= 4 is 8.48 Å². The van der Waals surface area contributed by atoms with E-state index in [0.717, 1.165) is 6.54 Å². The second-order valence-electron chi connectivity index (χ2n) is 3.93. The molecule has 0 aromatic rings. The summed E-state index contributed by atoms with van der Waals surface area (Å²) < 4.78 is 8.27. The van der Waals surface area contributed by atoms with Gasteiger partial charge in [-0.1, -0.05) is 0 Å². The maximum absolute atomic E-state index is 5.69. The van der Waals surface area contributed by atoms with Crippen LogP contribution in [0.2, 0.25) is 12.6 Å². The molecule has 0 amide bonds. The van der Waals surface area contributed by atoms with Gasteiger partial charge in [0.2, 0.25) is 0 Å². The summed E-state index contributed by atoms with van der Waals surface area (Å²) in [5.41, 5.74) is 0. The smallest absolute Gasteiger partial charge is 0.267 e. The highest BCUT2D eigenvalue weighted by atomic mass is 28.4. The highest BCUT2D eigenvalue weighted by molar-refractivity contribution is 6.70. The zero-order valence-electron chi connectivity index (χ0n) is 9.10. The van der Waals surface area contributed by atoms with Crippen LogP contribution in [-0.2, 0) is 4.43 Å². The van der Waals surface area contributed by atoms with E-state index in [1.165, 1.54) is 32.0 Å². The van der Waals surface area contributed by atoms with Crippen molar-refractivity contribution in [2.45, 2.75) is 25.4 Å². The third-order valence-corrected chi connectivity index (χ3v) is 6.98. The van der Waals surface area contributed by atoms with Gasteiger partial charge in [-0.2, -0.15) is 0 Å². The minimum atomic E-state index is -1.43. The summed E-state index contributed by atoms with van der Waals surface area (Å²) in [6.45, 7) is 5.90. The number of nitrogens with zero attached hydrogens (tertiary/aromatic N) is 1. The molecule has 1 saturated heterocycles. The van der Waals surface area contributed by atoms with Crippen LogP contribution in [0.1, 0.15) is 12.8 Å². The van der Waals surface area contributed by atoms with Gasteiger partial charge >= 0.3 is 0 Å². The third kappa shape index (κ3) is 2.77. The van der Waals surface area contributed by atoms with Gasteiger partial charge in [-0.05, 0) is 52.1 Å². The summed E-state index contributed by atoms with van der Waals surface area (Å²) in [7, 11) is 2.45. The molecule has 1 aliphatic rings. The maximum Gasteiger partial charge on any atom is 0.267 e. The standard InChI is InChI=1S/C9H22N2OSi/c1-10-6-4-7-11-8-5-9-13(11,3)12-2/h10H,4-9H2,1-3H3. The van der Waals surface area contributed by atoms with Crippen molar-refractivity contribution in [2.75, 3.05) is 33.8 Å². The molecule has 1 fully saturated rings. The average Bonchev–Trinajstić information content (AvgIpc) is 2.50. The molecule has 0 bridgehead atoms. The van der Waals surface area contributed by atoms with Crippen molar-refractivity contribution in [3.63, 3.8) is 0 Å². The van der Waals surface area contributed by atoms with Crippen molar-refractivity contribution in [1.82, 2.24) is 9.88 Å². The van der Waals surface area contributed by atoms with E-state index in [1.54, 1.807) is 0 Å². The largest absolute Gasteiger partial charge is 0.406 e. The second-order valence-corrected chi connectivity index (χ2v) is 7.82. The van der Waals surface area contributed by atoms with Crippen LogP contribution >= 0.6 is 0 Å². The van der Waals surface area contributed by atoms with Crippen LogP contribution in [0, 0.1) is 0 Å². The van der Waals surface area contributed by atoms with Crippen molar-refractivity contribution in [3.8, 4) is 0 Å². The van der Waals surface area contributed by atoms with Gasteiger partial charge in [0.05, 0.1) is 0 Å². The van der Waals surface area contributed by atoms with Gasteiger partial charge < -0.3 is 14.3 Å². The summed E-state index contributed by atoms with van der Waals surface area (Å²) in [6, 6.07) is 1.31. The quantitative estimate of drug-likeness (QED) is 0.532. The molecule has 3 nitrogen and oxygen atoms in total. The first-order chi connectivity index (χ1) is 6.23. The molecule has 1 aliphatic heterocycles. The fraction of sp³-hybridized carbons (Fsp3) is 1.00. The lowest BCUT2D eigenvalue weighted by Gasteiger charge is -2.31. The van der Waals surface area contributed by atoms with Gasteiger partial charge in [0, 0.05) is 7.11 Å². The zero-order valence-corrected chi connectivity index (χ0v) is 10.1. The predicted octanol–water partition coefficient (Wildman–Crippen LogP) is 1.02. The summed E-state index contributed by atoms with van der Waals surface area (Å²) in [5, 5.41) is 3.18. The lowest BCUT2D eigenvalue weighted by Crippen LogP contribution is -2.48. The number of nitrogens with one attached hydrogen (secondary N) is 1. The minimum absolute atomic E-state index is 1.12. The van der Waals surface area contributed by atoms with Crippen LogP contribution in [0.3, 0.4) is 0 Å². The van der Waals surface area contributed by atoms with E-state index in [-0.39, 0.29) is 0 Å². The molecule has 0 spiro atoms. The zero-order chi connectivity index (χ0) is 9.73. The Balaban J connectivity index is 2.31. The second kappa shape index (κ2) is 5.10. The Kier molecular flexibility index (Phi) is 4.38. The Morgan fingerprint density at radius 2 is 2.31 bits per heavy atom. The molecular weight excluding hydrogens is 180 g/mol. The molecule has 1 N–H and O–H groups in total. The fourth-order valence-electron chi connectivity index (χ4n) is 2.02. The van der Waals surface area contributed by atoms with Crippen LogP contribution in [0.15, 0.2) is 0 Å². The third-order valence-electron chi connectivity index (χ3n) is 3.03. The van der Waals surface area contributed by atoms with Gasteiger partial charge in [-0.15, -0.1) is 0 Å². The van der Waals surface area contributed by atoms with Gasteiger partial charge in [0.15, 0.2) is 0 Å². The highest BCUT2D eigenvalue weighted by Gasteiger charge is 2.39. The van der Waals surface area contributed by atoms with Crippen LogP contribution in [-0.4, -0.2) is 46.8 Å². The molecule has 0 saturated carbocycles. The Bertz CT molecular complexity index is 157. The summed E-state index contributed by atoms with van der Waals surface area (Å²) in [5.74, 6) is 0. The van der Waals surface area contributed by atoms with Crippen LogP contribution in [0.4, 0.5) is 0 Å². The van der Waals surface area contributed by atoms with E-state index in [0.29, 0.717) is 0 Å². The average molecular weight is 202 g/mol. The first kappa shape index (κ1) is 11.2. The topological polar surface area (TPSA) is 24.5 Å². The van der Waals surface area contributed by atoms with E-state index in [9.17, 15) is 0 Å². The van der Waals surface area contributed by atoms with Crippen molar-refractivity contribution in [1.29, 1.82) is 0 Å². The number of hydrogen-bond donors (Lipinski definition) is 1. The van der Waals surface area contributed by atoms with Crippen LogP contribution in [0.25, 0.3) is 0 Å². The van der Waals surface area contributed by atoms with Crippen LogP contribution < -0.4 is 5.32 Å². The van der Waals surface area contributed by atoms with Crippen LogP contribution in [0.5, 0.6) is 0 Å². The number of hydrogen-bond acceptors (Lipinski definition) is 3. The molecule has 0 aliphatic carbocycles. The molecule has 1 atom stereocenters. The first-order valence-corrected chi connectivity index (χ1v) is 7.74. The van der Waals surface area contributed by atoms with E-state index in [1.807, 2.05) is 14.2 Å². The van der Waals surface area contributed by atoms with Gasteiger partial charge in [0.25, 0.3) is 8.48 Å². The molecule has 0 aromatic heterocycles. The summed E-state index contributed by atoms with van der Waals surface area (Å²) in [4.78, 5) is 0. The van der Waals surface area contributed by atoms with E-state index < -0.39 is 8.48 Å². The van der Waals surface area contributed by atoms with E-state index in [4.69, 9.17) is 4.43 Å². The molecular formula is C9H22N2OSi. The summed E-state index contributed by atoms with van der Waals surface area (Å²) >= 11 is 0. The van der Waals surface area contributed by atoms with Gasteiger partial charge in [-0.3, -0.25) is 0 Å². The molecule has 1 unspecified atom stereocenters. The Hall–Kier alpha value is 0.0969. The van der Waals surface area contributed by atoms with Gasteiger partial charge in [0.1, 0.15) is 0 Å². The Morgan fingerprint density at radius 1 is 1.54 bits per heavy atom. The van der Waals surface area contributed by atoms with Crippen molar-refractivity contribution in [2.24, 2.45) is 0 Å². The first-order valence-electron chi connectivity index (χ1n) is 5.18. The monoisotopic (exact) mass is 202 g/mol. The SMILES string of the molecule is CNCCCN1CCC[Si]1(C)OC. The highest BCUT2D eigenvalue weighted by Crippen LogP contribution is 2.25. The van der Waals surface area contributed by atoms with Crippen molar-refractivity contribution in [3.05, 3.63) is 0 Å². The molecule has 4 heteroatoms. The number of rotatable bonds is 5. The molecule has 0 aromatic carbocycles.